The Labute approximate surface area is 114 Å². The first kappa shape index (κ1) is 15.7. The van der Waals surface area contributed by atoms with Gasteiger partial charge in [-0.3, -0.25) is 19.1 Å². The number of H-pyrrole nitrogens is 1. The van der Waals surface area contributed by atoms with E-state index >= 15 is 0 Å². The van der Waals surface area contributed by atoms with Crippen LogP contribution in [0.3, 0.4) is 0 Å². The summed E-state index contributed by atoms with van der Waals surface area (Å²) in [5, 5.41) is 11.4. The minimum Gasteiger partial charge on any atom is -0.480 e. The van der Waals surface area contributed by atoms with E-state index in [1.165, 1.54) is 6.20 Å². The van der Waals surface area contributed by atoms with E-state index in [2.05, 4.69) is 5.32 Å². The summed E-state index contributed by atoms with van der Waals surface area (Å²) < 4.78 is 0.992. The van der Waals surface area contributed by atoms with Crippen LogP contribution in [-0.2, 0) is 16.1 Å². The largest absolute Gasteiger partial charge is 0.480 e. The van der Waals surface area contributed by atoms with Crippen molar-refractivity contribution in [3.8, 4) is 0 Å². The van der Waals surface area contributed by atoms with Gasteiger partial charge in [-0.1, -0.05) is 20.3 Å². The molecule has 0 radical (unpaired) electrons. The third kappa shape index (κ3) is 4.08. The molecule has 1 amide bonds. The molecule has 110 valence electrons. The average molecular weight is 283 g/mol. The first-order valence-corrected chi connectivity index (χ1v) is 6.17. The van der Waals surface area contributed by atoms with E-state index < -0.39 is 29.2 Å². The number of carbonyl (C=O) groups is 2. The van der Waals surface area contributed by atoms with E-state index in [0.29, 0.717) is 6.42 Å². The van der Waals surface area contributed by atoms with Gasteiger partial charge < -0.3 is 10.4 Å². The van der Waals surface area contributed by atoms with E-state index in [1.807, 2.05) is 11.9 Å². The van der Waals surface area contributed by atoms with Crippen molar-refractivity contribution in [1.29, 1.82) is 0 Å². The lowest BCUT2D eigenvalue weighted by atomic mass is 9.99. The van der Waals surface area contributed by atoms with Crippen LogP contribution in [0, 0.1) is 5.92 Å². The van der Waals surface area contributed by atoms with Gasteiger partial charge in [-0.05, 0) is 5.92 Å². The number of rotatable bonds is 6. The van der Waals surface area contributed by atoms with E-state index in [1.54, 1.807) is 6.92 Å². The Kier molecular flexibility index (Phi) is 5.24. The first-order valence-electron chi connectivity index (χ1n) is 6.17. The highest BCUT2D eigenvalue weighted by molar-refractivity contribution is 5.83. The van der Waals surface area contributed by atoms with Gasteiger partial charge in [-0.2, -0.15) is 0 Å². The van der Waals surface area contributed by atoms with Crippen molar-refractivity contribution >= 4 is 11.9 Å². The highest BCUT2D eigenvalue weighted by atomic mass is 16.4. The van der Waals surface area contributed by atoms with Crippen LogP contribution in [0.4, 0.5) is 0 Å². The number of amides is 1. The smallest absolute Gasteiger partial charge is 0.328 e. The fourth-order valence-electron chi connectivity index (χ4n) is 1.63. The van der Waals surface area contributed by atoms with Crippen LogP contribution in [-0.4, -0.2) is 32.6 Å². The van der Waals surface area contributed by atoms with Gasteiger partial charge in [0.1, 0.15) is 12.6 Å². The average Bonchev–Trinajstić information content (AvgIpc) is 2.38. The Morgan fingerprint density at radius 3 is 2.60 bits per heavy atom. The van der Waals surface area contributed by atoms with E-state index in [4.69, 9.17) is 5.11 Å². The second kappa shape index (κ2) is 6.69. The Morgan fingerprint density at radius 1 is 1.45 bits per heavy atom. The second-order valence-corrected chi connectivity index (χ2v) is 4.51. The van der Waals surface area contributed by atoms with Crippen LogP contribution >= 0.6 is 0 Å². The predicted octanol–water partition coefficient (Wildman–Crippen LogP) is -0.848. The van der Waals surface area contributed by atoms with Gasteiger partial charge in [-0.25, -0.2) is 9.59 Å². The van der Waals surface area contributed by atoms with Gasteiger partial charge in [0.15, 0.2) is 0 Å². The topological polar surface area (TPSA) is 121 Å². The molecule has 2 unspecified atom stereocenters. The van der Waals surface area contributed by atoms with Crippen LogP contribution in [0.5, 0.6) is 0 Å². The fraction of sp³-hybridized carbons (Fsp3) is 0.500. The zero-order valence-electron chi connectivity index (χ0n) is 11.3. The predicted molar refractivity (Wildman–Crippen MR) is 70.3 cm³/mol. The number of aliphatic carboxylic acids is 1. The molecule has 20 heavy (non-hydrogen) atoms. The lowest BCUT2D eigenvalue weighted by Crippen LogP contribution is -2.47. The summed E-state index contributed by atoms with van der Waals surface area (Å²) in [5.74, 6) is -1.96. The summed E-state index contributed by atoms with van der Waals surface area (Å²) in [6.07, 6.45) is 1.77. The van der Waals surface area contributed by atoms with Gasteiger partial charge in [0, 0.05) is 12.3 Å². The monoisotopic (exact) mass is 283 g/mol. The maximum Gasteiger partial charge on any atom is 0.328 e. The van der Waals surface area contributed by atoms with Crippen molar-refractivity contribution in [2.75, 3.05) is 0 Å². The minimum atomic E-state index is -1.12. The Hall–Kier alpha value is -2.38. The zero-order chi connectivity index (χ0) is 15.3. The first-order chi connectivity index (χ1) is 9.35. The molecule has 0 spiro atoms. The molecular weight excluding hydrogens is 266 g/mol. The Balaban J connectivity index is 2.78. The molecule has 1 heterocycles. The minimum absolute atomic E-state index is 0.233. The summed E-state index contributed by atoms with van der Waals surface area (Å²) in [7, 11) is 0. The molecule has 0 aliphatic rings. The van der Waals surface area contributed by atoms with E-state index in [9.17, 15) is 19.2 Å². The van der Waals surface area contributed by atoms with Gasteiger partial charge in [-0.15, -0.1) is 0 Å². The number of nitrogens with zero attached hydrogens (tertiary/aromatic N) is 1. The van der Waals surface area contributed by atoms with Crippen LogP contribution in [0.1, 0.15) is 20.3 Å². The number of hydrogen-bond donors (Lipinski definition) is 3. The highest BCUT2D eigenvalue weighted by Crippen LogP contribution is 2.07. The van der Waals surface area contributed by atoms with Crippen LogP contribution < -0.4 is 16.6 Å². The van der Waals surface area contributed by atoms with Crippen molar-refractivity contribution in [3.05, 3.63) is 33.1 Å². The van der Waals surface area contributed by atoms with Gasteiger partial charge >= 0.3 is 11.7 Å². The lowest BCUT2D eigenvalue weighted by molar-refractivity contribution is -0.143. The highest BCUT2D eigenvalue weighted by Gasteiger charge is 2.25. The third-order valence-corrected chi connectivity index (χ3v) is 3.01. The fourth-order valence-corrected chi connectivity index (χ4v) is 1.63. The number of aromatic nitrogens is 2. The molecule has 0 aliphatic heterocycles. The quantitative estimate of drug-likeness (QED) is 0.628. The SMILES string of the molecule is CCC(C)C(NC(=O)Cn1ccc(=O)[nH]c1=O)C(=O)O. The summed E-state index contributed by atoms with van der Waals surface area (Å²) in [5.41, 5.74) is -1.28. The molecule has 1 rings (SSSR count). The molecule has 0 saturated carbocycles. The number of carboxylic acids is 1. The number of nitrogens with one attached hydrogen (secondary N) is 2. The maximum atomic E-state index is 11.8. The summed E-state index contributed by atoms with van der Waals surface area (Å²) in [6.45, 7) is 3.18. The standard InChI is InChI=1S/C12H17N3O5/c1-3-7(2)10(11(18)19)13-9(17)6-15-5-4-8(16)14-12(15)20/h4-5,7,10H,3,6H2,1-2H3,(H,13,17)(H,18,19)(H,14,16,20). The molecule has 0 bridgehead atoms. The van der Waals surface area contributed by atoms with Gasteiger partial charge in [0.05, 0.1) is 0 Å². The summed E-state index contributed by atoms with van der Waals surface area (Å²) in [4.78, 5) is 47.1. The second-order valence-electron chi connectivity index (χ2n) is 4.51. The van der Waals surface area contributed by atoms with Crippen molar-refractivity contribution in [3.63, 3.8) is 0 Å². The van der Waals surface area contributed by atoms with Crippen molar-refractivity contribution in [1.82, 2.24) is 14.9 Å². The molecule has 8 nitrogen and oxygen atoms in total. The number of hydrogen-bond acceptors (Lipinski definition) is 4. The molecular formula is C12H17N3O5. The number of carbonyl (C=O) groups excluding carboxylic acids is 1. The van der Waals surface area contributed by atoms with Crippen molar-refractivity contribution < 1.29 is 14.7 Å². The normalized spacial score (nSPS) is 13.5. The van der Waals surface area contributed by atoms with E-state index in [-0.39, 0.29) is 12.5 Å². The summed E-state index contributed by atoms with van der Waals surface area (Å²) in [6, 6.07) is 0.101. The third-order valence-electron chi connectivity index (χ3n) is 3.01. The molecule has 2 atom stereocenters. The Bertz CT molecular complexity index is 604. The zero-order valence-corrected chi connectivity index (χ0v) is 11.3. The molecule has 1 aromatic heterocycles. The van der Waals surface area contributed by atoms with Gasteiger partial charge in [0.25, 0.3) is 5.56 Å². The van der Waals surface area contributed by atoms with Crippen molar-refractivity contribution in [2.45, 2.75) is 32.9 Å². The molecule has 8 heteroatoms. The molecule has 3 N–H and O–H groups in total. The number of aromatic amines is 1. The molecule has 0 aliphatic carbocycles. The molecule has 0 saturated heterocycles. The maximum absolute atomic E-state index is 11.8. The molecule has 0 aromatic carbocycles. The molecule has 1 aromatic rings. The van der Waals surface area contributed by atoms with Crippen LogP contribution in [0.2, 0.25) is 0 Å². The van der Waals surface area contributed by atoms with Crippen LogP contribution in [0.15, 0.2) is 21.9 Å². The van der Waals surface area contributed by atoms with Crippen LogP contribution in [0.25, 0.3) is 0 Å². The van der Waals surface area contributed by atoms with Crippen molar-refractivity contribution in [2.24, 2.45) is 5.92 Å². The summed E-state index contributed by atoms with van der Waals surface area (Å²) >= 11 is 0. The van der Waals surface area contributed by atoms with E-state index in [0.717, 1.165) is 10.6 Å². The Morgan fingerprint density at radius 2 is 2.10 bits per heavy atom. The van der Waals surface area contributed by atoms with Gasteiger partial charge in [0.2, 0.25) is 5.91 Å². The number of carboxylic acid groups (broad SMARTS) is 1. The lowest BCUT2D eigenvalue weighted by Gasteiger charge is -2.20. The molecule has 0 fully saturated rings.